The molecule has 4 rings (SSSR count). The number of anilines is 1. The first-order chi connectivity index (χ1) is 18.0. The number of rotatable bonds is 11. The molecule has 0 saturated heterocycles. The van der Waals surface area contributed by atoms with E-state index in [2.05, 4.69) is 17.0 Å². The number of aliphatic hydroxyl groups is 1. The van der Waals surface area contributed by atoms with Crippen LogP contribution in [0.3, 0.4) is 0 Å². The van der Waals surface area contributed by atoms with Crippen LogP contribution < -0.4 is 4.90 Å². The van der Waals surface area contributed by atoms with E-state index in [-0.39, 0.29) is 30.1 Å². The minimum Gasteiger partial charge on any atom is -0.395 e. The highest BCUT2D eigenvalue weighted by Crippen LogP contribution is 2.39. The first-order valence-electron chi connectivity index (χ1n) is 13.3. The summed E-state index contributed by atoms with van der Waals surface area (Å²) < 4.78 is 27.8. The molecule has 6 heteroatoms. The third-order valence-corrected chi connectivity index (χ3v) is 7.14. The number of halogens is 2. The predicted molar refractivity (Wildman–Crippen MR) is 144 cm³/mol. The summed E-state index contributed by atoms with van der Waals surface area (Å²) in [6, 6.07) is 21.4. The molecular formula is C31H36F2N2O2. The Labute approximate surface area is 218 Å². The lowest BCUT2D eigenvalue weighted by Gasteiger charge is -2.25. The first-order valence-corrected chi connectivity index (χ1v) is 13.3. The summed E-state index contributed by atoms with van der Waals surface area (Å²) in [4.78, 5) is 17.2. The Morgan fingerprint density at radius 1 is 0.919 bits per heavy atom. The number of carbonyl (C=O) groups is 1. The maximum Gasteiger partial charge on any atom is 0.226 e. The maximum atomic E-state index is 14.3. The summed E-state index contributed by atoms with van der Waals surface area (Å²) in [6.45, 7) is 2.95. The van der Waals surface area contributed by atoms with Gasteiger partial charge in [-0.15, -0.1) is 0 Å². The van der Waals surface area contributed by atoms with E-state index in [0.29, 0.717) is 25.2 Å². The van der Waals surface area contributed by atoms with Crippen molar-refractivity contribution in [3.8, 4) is 0 Å². The highest BCUT2D eigenvalue weighted by Gasteiger charge is 2.27. The molecule has 1 N–H and O–H groups in total. The Balaban J connectivity index is 1.34. The highest BCUT2D eigenvalue weighted by molar-refractivity contribution is 5.94. The van der Waals surface area contributed by atoms with Crippen LogP contribution in [0.4, 0.5) is 14.5 Å². The van der Waals surface area contributed by atoms with Gasteiger partial charge in [-0.25, -0.2) is 8.78 Å². The second kappa shape index (κ2) is 13.5. The molecule has 1 aliphatic rings. The van der Waals surface area contributed by atoms with Crippen molar-refractivity contribution in [2.24, 2.45) is 0 Å². The minimum atomic E-state index is -0.362. The fourth-order valence-corrected chi connectivity index (χ4v) is 5.25. The van der Waals surface area contributed by atoms with Crippen molar-refractivity contribution in [1.82, 2.24) is 4.90 Å². The molecule has 0 spiro atoms. The van der Waals surface area contributed by atoms with Crippen LogP contribution in [-0.4, -0.2) is 42.2 Å². The Kier molecular flexibility index (Phi) is 9.80. The van der Waals surface area contributed by atoms with Crippen molar-refractivity contribution in [2.45, 2.75) is 51.0 Å². The Morgan fingerprint density at radius 3 is 2.43 bits per heavy atom. The average molecular weight is 507 g/mol. The van der Waals surface area contributed by atoms with Crippen LogP contribution in [0.25, 0.3) is 0 Å². The van der Waals surface area contributed by atoms with Gasteiger partial charge in [0.15, 0.2) is 0 Å². The van der Waals surface area contributed by atoms with E-state index < -0.39 is 0 Å². The number of hydrogen-bond acceptors (Lipinski definition) is 3. The molecule has 0 radical (unpaired) electrons. The van der Waals surface area contributed by atoms with Gasteiger partial charge in [0.25, 0.3) is 0 Å². The van der Waals surface area contributed by atoms with Gasteiger partial charge in [-0.2, -0.15) is 0 Å². The summed E-state index contributed by atoms with van der Waals surface area (Å²) in [5.74, 6) is -0.633. The number of aliphatic hydroxyl groups excluding tert-OH is 1. The summed E-state index contributed by atoms with van der Waals surface area (Å²) in [6.07, 6.45) is 4.63. The smallest absolute Gasteiger partial charge is 0.226 e. The number of hydrogen-bond donors (Lipinski definition) is 1. The van der Waals surface area contributed by atoms with E-state index >= 15 is 0 Å². The topological polar surface area (TPSA) is 43.8 Å². The van der Waals surface area contributed by atoms with Crippen molar-refractivity contribution >= 4 is 11.6 Å². The van der Waals surface area contributed by atoms with Gasteiger partial charge in [0.05, 0.1) is 12.3 Å². The molecule has 0 bridgehead atoms. The molecule has 0 aliphatic carbocycles. The Morgan fingerprint density at radius 2 is 1.68 bits per heavy atom. The molecule has 196 valence electrons. The normalized spacial score (nSPS) is 15.5. The standard InChI is InChI=1S/C31H36F2N2O2/c32-26-14-12-25(13-15-26)28-10-7-19-35(30-22-27(33)16-17-29(28)30)31(37)11-5-2-6-18-34(20-21-36)23-24-8-3-1-4-9-24/h1,3-4,8-9,12-17,22,28,36H,2,5-7,10-11,18-21,23H2. The SMILES string of the molecule is O=C(CCCCCN(CCO)Cc1ccccc1)N1CCCC(c2ccc(F)cc2)c2ccc(F)cc21. The van der Waals surface area contributed by atoms with Crippen molar-refractivity contribution in [1.29, 1.82) is 0 Å². The molecule has 37 heavy (non-hydrogen) atoms. The number of nitrogens with zero attached hydrogens (tertiary/aromatic N) is 2. The molecule has 1 amide bonds. The fourth-order valence-electron chi connectivity index (χ4n) is 5.25. The molecule has 0 saturated carbocycles. The molecule has 1 aliphatic heterocycles. The Hall–Kier alpha value is -3.09. The molecule has 3 aromatic carbocycles. The molecule has 0 fully saturated rings. The van der Waals surface area contributed by atoms with Gasteiger partial charge >= 0.3 is 0 Å². The fraction of sp³-hybridized carbons (Fsp3) is 0.387. The number of amides is 1. The van der Waals surface area contributed by atoms with Gasteiger partial charge in [-0.05, 0) is 73.2 Å². The third-order valence-electron chi connectivity index (χ3n) is 7.14. The zero-order valence-electron chi connectivity index (χ0n) is 21.3. The van der Waals surface area contributed by atoms with Crippen molar-refractivity contribution in [2.75, 3.05) is 31.1 Å². The zero-order chi connectivity index (χ0) is 26.0. The van der Waals surface area contributed by atoms with Gasteiger partial charge in [-0.1, -0.05) is 55.0 Å². The van der Waals surface area contributed by atoms with Gasteiger partial charge in [0.2, 0.25) is 5.91 Å². The van der Waals surface area contributed by atoms with Crippen molar-refractivity contribution in [3.63, 3.8) is 0 Å². The third kappa shape index (κ3) is 7.46. The second-order valence-corrected chi connectivity index (χ2v) is 9.79. The number of benzene rings is 3. The number of fused-ring (bicyclic) bond motifs is 1. The Bertz CT molecular complexity index is 1140. The lowest BCUT2D eigenvalue weighted by molar-refractivity contribution is -0.118. The van der Waals surface area contributed by atoms with E-state index in [1.165, 1.54) is 29.8 Å². The van der Waals surface area contributed by atoms with Crippen LogP contribution >= 0.6 is 0 Å². The van der Waals surface area contributed by atoms with E-state index in [4.69, 9.17) is 0 Å². The lowest BCUT2D eigenvalue weighted by atomic mass is 9.87. The van der Waals surface area contributed by atoms with Gasteiger partial charge in [-0.3, -0.25) is 9.69 Å². The van der Waals surface area contributed by atoms with E-state index in [1.807, 2.05) is 18.2 Å². The van der Waals surface area contributed by atoms with Crippen LogP contribution in [0.15, 0.2) is 72.8 Å². The van der Waals surface area contributed by atoms with Crippen molar-refractivity contribution in [3.05, 3.63) is 101 Å². The zero-order valence-corrected chi connectivity index (χ0v) is 21.3. The monoisotopic (exact) mass is 506 g/mol. The average Bonchev–Trinajstić information content (AvgIpc) is 3.09. The summed E-state index contributed by atoms with van der Waals surface area (Å²) in [5, 5.41) is 9.43. The molecular weight excluding hydrogens is 470 g/mol. The highest BCUT2D eigenvalue weighted by atomic mass is 19.1. The maximum absolute atomic E-state index is 14.3. The van der Waals surface area contributed by atoms with Gasteiger partial charge in [0, 0.05) is 32.0 Å². The molecule has 1 heterocycles. The first kappa shape index (κ1) is 27.0. The number of unbranched alkanes of at least 4 members (excludes halogenated alkanes) is 2. The molecule has 1 unspecified atom stereocenters. The predicted octanol–water partition coefficient (Wildman–Crippen LogP) is 6.28. The largest absolute Gasteiger partial charge is 0.395 e. The summed E-state index contributed by atoms with van der Waals surface area (Å²) in [7, 11) is 0. The van der Waals surface area contributed by atoms with Crippen LogP contribution in [0.1, 0.15) is 61.1 Å². The molecule has 3 aromatic rings. The van der Waals surface area contributed by atoms with Crippen LogP contribution in [-0.2, 0) is 11.3 Å². The summed E-state index contributed by atoms with van der Waals surface area (Å²) in [5.41, 5.74) is 3.75. The molecule has 4 nitrogen and oxygen atoms in total. The van der Waals surface area contributed by atoms with E-state index in [9.17, 15) is 18.7 Å². The van der Waals surface area contributed by atoms with E-state index in [1.54, 1.807) is 23.1 Å². The van der Waals surface area contributed by atoms with Crippen LogP contribution in [0.2, 0.25) is 0 Å². The van der Waals surface area contributed by atoms with Crippen molar-refractivity contribution < 1.29 is 18.7 Å². The summed E-state index contributed by atoms with van der Waals surface area (Å²) >= 11 is 0. The van der Waals surface area contributed by atoms with Crippen LogP contribution in [0, 0.1) is 11.6 Å². The number of carbonyl (C=O) groups excluding carboxylic acids is 1. The quantitative estimate of drug-likeness (QED) is 0.311. The minimum absolute atomic E-state index is 0.00359. The lowest BCUT2D eigenvalue weighted by Crippen LogP contribution is -2.31. The van der Waals surface area contributed by atoms with Gasteiger partial charge < -0.3 is 10.0 Å². The molecule has 1 atom stereocenters. The van der Waals surface area contributed by atoms with Gasteiger partial charge in [0.1, 0.15) is 11.6 Å². The molecule has 0 aromatic heterocycles. The van der Waals surface area contributed by atoms with E-state index in [0.717, 1.165) is 56.3 Å². The second-order valence-electron chi connectivity index (χ2n) is 9.79. The van der Waals surface area contributed by atoms with Crippen LogP contribution in [0.5, 0.6) is 0 Å².